The molecule has 0 aliphatic rings. The number of pyridine rings is 1. The molecule has 0 saturated heterocycles. The van der Waals surface area contributed by atoms with Crippen molar-refractivity contribution >= 4 is 32.5 Å². The van der Waals surface area contributed by atoms with Crippen molar-refractivity contribution in [3.63, 3.8) is 0 Å². The highest BCUT2D eigenvalue weighted by Gasteiger charge is 2.29. The van der Waals surface area contributed by atoms with E-state index in [1.165, 1.54) is 6.07 Å². The van der Waals surface area contributed by atoms with Gasteiger partial charge in [-0.25, -0.2) is 8.42 Å². The van der Waals surface area contributed by atoms with E-state index in [2.05, 4.69) is 15.0 Å². The molecule has 1 atom stereocenters. The van der Waals surface area contributed by atoms with Crippen LogP contribution < -0.4 is 10.0 Å². The molecule has 1 unspecified atom stereocenters. The minimum absolute atomic E-state index is 0.0561. The van der Waals surface area contributed by atoms with Crippen LogP contribution in [0.4, 0.5) is 5.69 Å². The summed E-state index contributed by atoms with van der Waals surface area (Å²) in [7, 11) is -3.96. The smallest absolute Gasteiger partial charge is 0.243 e. The van der Waals surface area contributed by atoms with Crippen molar-refractivity contribution in [2.75, 3.05) is 5.32 Å². The van der Waals surface area contributed by atoms with Gasteiger partial charge in [0.2, 0.25) is 15.9 Å². The van der Waals surface area contributed by atoms with Gasteiger partial charge in [-0.2, -0.15) is 4.72 Å². The number of carbonyl (C=O) groups is 1. The highest BCUT2D eigenvalue weighted by atomic mass is 32.2. The summed E-state index contributed by atoms with van der Waals surface area (Å²) in [5, 5.41) is 3.57. The lowest BCUT2D eigenvalue weighted by Gasteiger charge is -2.22. The fourth-order valence-corrected chi connectivity index (χ4v) is 4.70. The van der Waals surface area contributed by atoms with Gasteiger partial charge >= 0.3 is 0 Å². The fraction of sp³-hybridized carbons (Fsp3) is 0.273. The number of carbonyl (C=O) groups excluding carboxylic acids is 1. The number of anilines is 1. The molecule has 1 heterocycles. The Hall–Kier alpha value is -2.77. The number of sulfonamides is 1. The number of para-hydroxylation sites is 1. The highest BCUT2D eigenvalue weighted by molar-refractivity contribution is 7.89. The molecule has 7 heteroatoms. The number of fused-ring (bicyclic) bond motifs is 1. The molecule has 152 valence electrons. The van der Waals surface area contributed by atoms with Crippen LogP contribution in [0.2, 0.25) is 0 Å². The predicted molar refractivity (Wildman–Crippen MR) is 115 cm³/mol. The first-order valence-corrected chi connectivity index (χ1v) is 10.9. The van der Waals surface area contributed by atoms with E-state index in [0.717, 1.165) is 16.5 Å². The quantitative estimate of drug-likeness (QED) is 0.646. The molecule has 2 aromatic carbocycles. The number of amides is 1. The van der Waals surface area contributed by atoms with Crippen molar-refractivity contribution in [1.29, 1.82) is 0 Å². The third kappa shape index (κ3) is 4.63. The largest absolute Gasteiger partial charge is 0.324 e. The minimum atomic E-state index is -3.96. The van der Waals surface area contributed by atoms with Crippen LogP contribution in [0.3, 0.4) is 0 Å². The Balaban J connectivity index is 1.90. The van der Waals surface area contributed by atoms with Gasteiger partial charge < -0.3 is 5.32 Å². The third-order valence-corrected chi connectivity index (χ3v) is 6.23. The van der Waals surface area contributed by atoms with Crippen molar-refractivity contribution in [2.45, 2.75) is 38.6 Å². The standard InChI is InChI=1S/C22H25N3O3S/c1-14(2)20(22(26)24-18-11-10-15(3)13-16(18)4)25-29(27,28)19-9-5-7-17-8-6-12-23-21(17)19/h5-14,20,25H,1-4H3,(H,24,26). The lowest BCUT2D eigenvalue weighted by Crippen LogP contribution is -2.47. The van der Waals surface area contributed by atoms with Crippen LogP contribution in [-0.4, -0.2) is 25.4 Å². The van der Waals surface area contributed by atoms with E-state index < -0.39 is 22.0 Å². The summed E-state index contributed by atoms with van der Waals surface area (Å²) in [5.41, 5.74) is 3.05. The SMILES string of the molecule is Cc1ccc(NC(=O)C(NS(=O)(=O)c2cccc3cccnc23)C(C)C)c(C)c1. The second kappa shape index (κ2) is 8.31. The molecule has 0 aliphatic carbocycles. The zero-order valence-corrected chi connectivity index (χ0v) is 17.7. The second-order valence-electron chi connectivity index (χ2n) is 7.48. The van der Waals surface area contributed by atoms with E-state index in [4.69, 9.17) is 0 Å². The van der Waals surface area contributed by atoms with Gasteiger partial charge in [0.1, 0.15) is 10.9 Å². The summed E-state index contributed by atoms with van der Waals surface area (Å²) < 4.78 is 28.8. The van der Waals surface area contributed by atoms with Gasteiger partial charge in [0.25, 0.3) is 0 Å². The number of hydrogen-bond donors (Lipinski definition) is 2. The normalized spacial score (nSPS) is 12.9. The molecule has 29 heavy (non-hydrogen) atoms. The van der Waals surface area contributed by atoms with Crippen LogP contribution >= 0.6 is 0 Å². The fourth-order valence-electron chi connectivity index (χ4n) is 3.18. The van der Waals surface area contributed by atoms with E-state index >= 15 is 0 Å². The molecule has 0 bridgehead atoms. The number of rotatable bonds is 6. The van der Waals surface area contributed by atoms with Crippen molar-refractivity contribution in [3.8, 4) is 0 Å². The first-order valence-electron chi connectivity index (χ1n) is 9.43. The maximum absolute atomic E-state index is 13.1. The summed E-state index contributed by atoms with van der Waals surface area (Å²) in [6.45, 7) is 7.48. The molecule has 3 aromatic rings. The van der Waals surface area contributed by atoms with Crippen molar-refractivity contribution in [3.05, 3.63) is 65.9 Å². The number of aromatic nitrogens is 1. The molecule has 2 N–H and O–H groups in total. The molecule has 0 saturated carbocycles. The predicted octanol–water partition coefficient (Wildman–Crippen LogP) is 3.79. The van der Waals surface area contributed by atoms with Crippen molar-refractivity contribution in [2.24, 2.45) is 5.92 Å². The Morgan fingerprint density at radius 2 is 1.76 bits per heavy atom. The Labute approximate surface area is 171 Å². The van der Waals surface area contributed by atoms with E-state index in [9.17, 15) is 13.2 Å². The van der Waals surface area contributed by atoms with Gasteiger partial charge in [0.15, 0.2) is 0 Å². The number of aryl methyl sites for hydroxylation is 2. The van der Waals surface area contributed by atoms with Crippen LogP contribution in [0, 0.1) is 19.8 Å². The van der Waals surface area contributed by atoms with Gasteiger partial charge in [0.05, 0.1) is 5.52 Å². The molecule has 1 aromatic heterocycles. The maximum Gasteiger partial charge on any atom is 0.243 e. The van der Waals surface area contributed by atoms with Gasteiger partial charge in [-0.1, -0.05) is 49.7 Å². The summed E-state index contributed by atoms with van der Waals surface area (Å²) in [6.07, 6.45) is 1.55. The minimum Gasteiger partial charge on any atom is -0.324 e. The number of nitrogens with zero attached hydrogens (tertiary/aromatic N) is 1. The van der Waals surface area contributed by atoms with E-state index in [1.807, 2.05) is 32.0 Å². The molecule has 6 nitrogen and oxygen atoms in total. The Morgan fingerprint density at radius 1 is 1.03 bits per heavy atom. The van der Waals surface area contributed by atoms with Gasteiger partial charge in [-0.3, -0.25) is 9.78 Å². The second-order valence-corrected chi connectivity index (χ2v) is 9.16. The maximum atomic E-state index is 13.1. The lowest BCUT2D eigenvalue weighted by molar-refractivity contribution is -0.118. The van der Waals surface area contributed by atoms with Crippen molar-refractivity contribution in [1.82, 2.24) is 9.71 Å². The molecular weight excluding hydrogens is 386 g/mol. The first-order chi connectivity index (χ1) is 13.7. The topological polar surface area (TPSA) is 88.2 Å². The van der Waals surface area contributed by atoms with Gasteiger partial charge in [0, 0.05) is 17.3 Å². The van der Waals surface area contributed by atoms with Crippen LogP contribution in [-0.2, 0) is 14.8 Å². The number of hydrogen-bond acceptors (Lipinski definition) is 4. The number of benzene rings is 2. The van der Waals surface area contributed by atoms with E-state index in [1.54, 1.807) is 44.3 Å². The molecule has 0 spiro atoms. The Bertz CT molecular complexity index is 1150. The first kappa shape index (κ1) is 21.0. The summed E-state index contributed by atoms with van der Waals surface area (Å²) in [5.74, 6) is -0.651. The van der Waals surface area contributed by atoms with Crippen LogP contribution in [0.25, 0.3) is 10.9 Å². The lowest BCUT2D eigenvalue weighted by atomic mass is 10.0. The monoisotopic (exact) mass is 411 g/mol. The molecular formula is C22H25N3O3S. The molecule has 0 fully saturated rings. The van der Waals surface area contributed by atoms with Crippen LogP contribution in [0.5, 0.6) is 0 Å². The summed E-state index contributed by atoms with van der Waals surface area (Å²) >= 11 is 0. The van der Waals surface area contributed by atoms with Gasteiger partial charge in [-0.15, -0.1) is 0 Å². The van der Waals surface area contributed by atoms with Crippen LogP contribution in [0.1, 0.15) is 25.0 Å². The van der Waals surface area contributed by atoms with Gasteiger partial charge in [-0.05, 0) is 43.5 Å². The molecule has 0 aliphatic heterocycles. The average Bonchev–Trinajstić information content (AvgIpc) is 2.67. The Morgan fingerprint density at radius 3 is 2.45 bits per heavy atom. The van der Waals surface area contributed by atoms with E-state index in [-0.39, 0.29) is 10.8 Å². The average molecular weight is 412 g/mol. The highest BCUT2D eigenvalue weighted by Crippen LogP contribution is 2.22. The van der Waals surface area contributed by atoms with Crippen molar-refractivity contribution < 1.29 is 13.2 Å². The molecule has 0 radical (unpaired) electrons. The molecule has 3 rings (SSSR count). The molecule has 1 amide bonds. The summed E-state index contributed by atoms with van der Waals surface area (Å²) in [4.78, 5) is 17.2. The van der Waals surface area contributed by atoms with E-state index in [0.29, 0.717) is 11.2 Å². The zero-order valence-electron chi connectivity index (χ0n) is 16.9. The van der Waals surface area contributed by atoms with Crippen LogP contribution in [0.15, 0.2) is 59.6 Å². The third-order valence-electron chi connectivity index (χ3n) is 4.76. The number of nitrogens with one attached hydrogen (secondary N) is 2. The summed E-state index contributed by atoms with van der Waals surface area (Å²) in [6, 6.07) is 13.3. The Kier molecular flexibility index (Phi) is 6.00. The zero-order chi connectivity index (χ0) is 21.2.